The van der Waals surface area contributed by atoms with Crippen LogP contribution in [0.1, 0.15) is 9.80 Å². The Morgan fingerprint density at radius 3 is 2.58 bits per heavy atom. The Morgan fingerprint density at radius 2 is 1.81 bits per heavy atom. The summed E-state index contributed by atoms with van der Waals surface area (Å²) in [7, 11) is 1.33. The number of hydrogen-bond donors (Lipinski definition) is 0. The summed E-state index contributed by atoms with van der Waals surface area (Å²) < 4.78 is 8.33. The summed E-state index contributed by atoms with van der Waals surface area (Å²) in [4.78, 5) is 33.4. The van der Waals surface area contributed by atoms with Gasteiger partial charge in [-0.15, -0.1) is 11.3 Å². The summed E-state index contributed by atoms with van der Waals surface area (Å²) in [6.07, 6.45) is 0. The lowest BCUT2D eigenvalue weighted by Crippen LogP contribution is -2.22. The Labute approximate surface area is 156 Å². The van der Waals surface area contributed by atoms with E-state index in [1.54, 1.807) is 4.57 Å². The predicted octanol–water partition coefficient (Wildman–Crippen LogP) is 3.23. The number of carbonyl (C=O) groups excluding carboxylic acids is 2. The largest absolute Gasteiger partial charge is 0.468 e. The van der Waals surface area contributed by atoms with E-state index in [-0.39, 0.29) is 6.54 Å². The maximum absolute atomic E-state index is 12.6. The summed E-state index contributed by atoms with van der Waals surface area (Å²) in [5.74, 6) is -0.821. The van der Waals surface area contributed by atoms with Gasteiger partial charge in [-0.1, -0.05) is 35.6 Å². The minimum Gasteiger partial charge on any atom is -0.468 e. The molecule has 4 rings (SSSR count). The van der Waals surface area contributed by atoms with E-state index in [9.17, 15) is 9.59 Å². The molecule has 0 atom stereocenters. The topological polar surface area (TPSA) is 73.6 Å². The molecule has 0 N–H and O–H groups in total. The predicted molar refractivity (Wildman–Crippen MR) is 101 cm³/mol. The fourth-order valence-electron chi connectivity index (χ4n) is 2.55. The normalized spacial score (nSPS) is 12.0. The Hall–Kier alpha value is -2.84. The molecule has 0 saturated carbocycles. The molecule has 0 bridgehead atoms. The maximum Gasteiger partial charge on any atom is 0.325 e. The van der Waals surface area contributed by atoms with Crippen molar-refractivity contribution in [3.05, 3.63) is 58.3 Å². The second kappa shape index (κ2) is 6.81. The van der Waals surface area contributed by atoms with Crippen LogP contribution < -0.4 is 4.80 Å². The van der Waals surface area contributed by atoms with E-state index in [0.717, 1.165) is 20.4 Å². The second-order valence-electron chi connectivity index (χ2n) is 5.42. The number of esters is 1. The Bertz CT molecular complexity index is 1170. The highest BCUT2D eigenvalue weighted by molar-refractivity contribution is 7.20. The Kier molecular flexibility index (Phi) is 4.36. The summed E-state index contributed by atoms with van der Waals surface area (Å²) in [6.45, 7) is -0.00747. The third kappa shape index (κ3) is 3.04. The van der Waals surface area contributed by atoms with Gasteiger partial charge < -0.3 is 9.30 Å². The number of carbonyl (C=O) groups is 2. The van der Waals surface area contributed by atoms with Crippen molar-refractivity contribution in [1.82, 2.24) is 9.55 Å². The molecule has 0 aliphatic carbocycles. The number of aromatic nitrogens is 2. The first-order valence-corrected chi connectivity index (χ1v) is 9.39. The maximum atomic E-state index is 12.6. The number of methoxy groups -OCH3 is 1. The molecule has 2 aromatic heterocycles. The molecular weight excluding hydrogens is 370 g/mol. The van der Waals surface area contributed by atoms with E-state index in [4.69, 9.17) is 4.74 Å². The van der Waals surface area contributed by atoms with Gasteiger partial charge in [0.05, 0.1) is 27.5 Å². The second-order valence-corrected chi connectivity index (χ2v) is 7.46. The first kappa shape index (κ1) is 16.6. The van der Waals surface area contributed by atoms with Crippen LogP contribution in [0.15, 0.2) is 53.5 Å². The molecule has 0 fully saturated rings. The van der Waals surface area contributed by atoms with E-state index in [0.29, 0.717) is 9.81 Å². The van der Waals surface area contributed by atoms with Gasteiger partial charge in [0.15, 0.2) is 9.81 Å². The number of ether oxygens (including phenoxy) is 1. The zero-order chi connectivity index (χ0) is 18.1. The molecule has 4 aromatic rings. The quantitative estimate of drug-likeness (QED) is 0.509. The van der Waals surface area contributed by atoms with Gasteiger partial charge in [0, 0.05) is 0 Å². The van der Waals surface area contributed by atoms with Crippen molar-refractivity contribution in [3.8, 4) is 0 Å². The van der Waals surface area contributed by atoms with Crippen LogP contribution in [0.4, 0.5) is 0 Å². The number of hydrogen-bond acceptors (Lipinski definition) is 6. The first-order chi connectivity index (χ1) is 12.7. The van der Waals surface area contributed by atoms with Crippen LogP contribution in [0.3, 0.4) is 0 Å². The fourth-order valence-corrected chi connectivity index (χ4v) is 4.43. The van der Waals surface area contributed by atoms with Crippen molar-refractivity contribution in [1.29, 1.82) is 0 Å². The van der Waals surface area contributed by atoms with Crippen LogP contribution in [-0.2, 0) is 16.1 Å². The smallest absolute Gasteiger partial charge is 0.325 e. The van der Waals surface area contributed by atoms with E-state index in [1.807, 2.05) is 48.5 Å². The van der Waals surface area contributed by atoms with Gasteiger partial charge in [-0.05, 0) is 24.3 Å². The zero-order valence-electron chi connectivity index (χ0n) is 13.7. The first-order valence-electron chi connectivity index (χ1n) is 7.75. The number of benzene rings is 2. The highest BCUT2D eigenvalue weighted by Crippen LogP contribution is 2.22. The minimum atomic E-state index is -0.420. The average molecular weight is 383 g/mol. The number of rotatable bonds is 3. The van der Waals surface area contributed by atoms with Crippen LogP contribution in [-0.4, -0.2) is 28.5 Å². The molecule has 0 saturated heterocycles. The number of thiazole rings is 2. The monoisotopic (exact) mass is 383 g/mol. The highest BCUT2D eigenvalue weighted by atomic mass is 32.1. The van der Waals surface area contributed by atoms with Crippen LogP contribution in [0, 0.1) is 0 Å². The van der Waals surface area contributed by atoms with Crippen LogP contribution in [0.25, 0.3) is 20.4 Å². The van der Waals surface area contributed by atoms with Gasteiger partial charge >= 0.3 is 11.9 Å². The molecule has 1 amide bonds. The van der Waals surface area contributed by atoms with Gasteiger partial charge in [-0.2, -0.15) is 4.99 Å². The highest BCUT2D eigenvalue weighted by Gasteiger charge is 2.14. The third-order valence-corrected chi connectivity index (χ3v) is 5.86. The molecular formula is C18H13N3O3S2. The van der Waals surface area contributed by atoms with Crippen molar-refractivity contribution in [2.45, 2.75) is 6.54 Å². The van der Waals surface area contributed by atoms with Crippen molar-refractivity contribution in [2.75, 3.05) is 7.11 Å². The van der Waals surface area contributed by atoms with E-state index >= 15 is 0 Å². The van der Waals surface area contributed by atoms with Gasteiger partial charge in [0.25, 0.3) is 0 Å². The van der Waals surface area contributed by atoms with Gasteiger partial charge in [0.2, 0.25) is 0 Å². The molecule has 130 valence electrons. The van der Waals surface area contributed by atoms with Crippen LogP contribution >= 0.6 is 22.7 Å². The molecule has 2 heterocycles. The van der Waals surface area contributed by atoms with Crippen molar-refractivity contribution in [3.63, 3.8) is 0 Å². The molecule has 0 aliphatic rings. The van der Waals surface area contributed by atoms with Gasteiger partial charge in [-0.3, -0.25) is 9.59 Å². The summed E-state index contributed by atoms with van der Waals surface area (Å²) in [5.41, 5.74) is 1.61. The number of amides is 1. The number of para-hydroxylation sites is 2. The third-order valence-electron chi connectivity index (χ3n) is 3.78. The lowest BCUT2D eigenvalue weighted by molar-refractivity contribution is -0.141. The van der Waals surface area contributed by atoms with Gasteiger partial charge in [-0.25, -0.2) is 4.98 Å². The molecule has 0 spiro atoms. The van der Waals surface area contributed by atoms with Crippen molar-refractivity contribution < 1.29 is 14.3 Å². The summed E-state index contributed by atoms with van der Waals surface area (Å²) in [6, 6.07) is 15.2. The standard InChI is InChI=1S/C18H13N3O3S2/c1-24-15(22)10-21-12-7-3-5-9-14(12)26-18(21)20-16(23)17-19-11-6-2-4-8-13(11)25-17/h2-9H,10H2,1H3. The fraction of sp³-hybridized carbons (Fsp3) is 0.111. The lowest BCUT2D eigenvalue weighted by Gasteiger charge is -2.02. The molecule has 0 aliphatic heterocycles. The van der Waals surface area contributed by atoms with E-state index < -0.39 is 11.9 Å². The van der Waals surface area contributed by atoms with Crippen molar-refractivity contribution >= 4 is 55.0 Å². The Balaban J connectivity index is 1.82. The Morgan fingerprint density at radius 1 is 1.08 bits per heavy atom. The summed E-state index contributed by atoms with van der Waals surface area (Å²) in [5, 5.41) is 0.327. The number of nitrogens with zero attached hydrogens (tertiary/aromatic N) is 3. The summed E-state index contributed by atoms with van der Waals surface area (Å²) >= 11 is 2.66. The molecule has 0 unspecified atom stereocenters. The molecule has 8 heteroatoms. The van der Waals surface area contributed by atoms with E-state index in [2.05, 4.69) is 9.98 Å². The molecule has 2 aromatic carbocycles. The SMILES string of the molecule is COC(=O)Cn1c(=NC(=O)c2nc3ccccc3s2)sc2ccccc21. The minimum absolute atomic E-state index is 0.00747. The van der Waals surface area contributed by atoms with E-state index in [1.165, 1.54) is 29.8 Å². The number of fused-ring (bicyclic) bond motifs is 2. The molecule has 0 radical (unpaired) electrons. The average Bonchev–Trinajstić information content (AvgIpc) is 3.23. The molecule has 26 heavy (non-hydrogen) atoms. The molecule has 6 nitrogen and oxygen atoms in total. The van der Waals surface area contributed by atoms with Crippen LogP contribution in [0.5, 0.6) is 0 Å². The van der Waals surface area contributed by atoms with Crippen LogP contribution in [0.2, 0.25) is 0 Å². The van der Waals surface area contributed by atoms with Gasteiger partial charge in [0.1, 0.15) is 6.54 Å². The van der Waals surface area contributed by atoms with Crippen molar-refractivity contribution in [2.24, 2.45) is 4.99 Å². The lowest BCUT2D eigenvalue weighted by atomic mass is 10.3. The zero-order valence-corrected chi connectivity index (χ0v) is 15.3.